The zero-order valence-corrected chi connectivity index (χ0v) is 14.8. The van der Waals surface area contributed by atoms with Crippen LogP contribution in [0.25, 0.3) is 11.4 Å². The van der Waals surface area contributed by atoms with Crippen LogP contribution < -0.4 is 4.74 Å². The van der Waals surface area contributed by atoms with Gasteiger partial charge in [0, 0.05) is 23.8 Å². The van der Waals surface area contributed by atoms with Gasteiger partial charge in [-0.1, -0.05) is 12.1 Å². The second-order valence-electron chi connectivity index (χ2n) is 6.19. The van der Waals surface area contributed by atoms with E-state index >= 15 is 0 Å². The highest BCUT2D eigenvalue weighted by atomic mass is 16.5. The highest BCUT2D eigenvalue weighted by Crippen LogP contribution is 2.23. The number of aryl methyl sites for hydroxylation is 1. The van der Waals surface area contributed by atoms with E-state index in [1.165, 1.54) is 0 Å². The lowest BCUT2D eigenvalue weighted by Gasteiger charge is -2.27. The van der Waals surface area contributed by atoms with E-state index in [4.69, 9.17) is 4.74 Å². The van der Waals surface area contributed by atoms with Crippen molar-refractivity contribution in [2.45, 2.75) is 39.8 Å². The molecule has 1 amide bonds. The molecule has 0 saturated carbocycles. The van der Waals surface area contributed by atoms with Crippen molar-refractivity contribution in [3.8, 4) is 17.1 Å². The molecule has 0 fully saturated rings. The highest BCUT2D eigenvalue weighted by Gasteiger charge is 2.24. The minimum atomic E-state index is -0.589. The average Bonchev–Trinajstić information content (AvgIpc) is 2.93. The van der Waals surface area contributed by atoms with E-state index in [0.717, 1.165) is 11.3 Å². The van der Waals surface area contributed by atoms with Gasteiger partial charge in [-0.15, -0.1) is 0 Å². The summed E-state index contributed by atoms with van der Waals surface area (Å²) in [7, 11) is 1.61. The summed E-state index contributed by atoms with van der Waals surface area (Å²) >= 11 is 0. The monoisotopic (exact) mass is 331 g/mol. The van der Waals surface area contributed by atoms with Crippen molar-refractivity contribution in [3.05, 3.63) is 35.7 Å². The molecule has 2 rings (SSSR count). The van der Waals surface area contributed by atoms with Crippen LogP contribution in [0.15, 0.2) is 24.3 Å². The summed E-state index contributed by atoms with van der Waals surface area (Å²) in [5.74, 6) is 1.16. The molecule has 0 bridgehead atoms. The number of carbonyl (C=O) groups is 1. The number of aromatic amines is 1. The summed E-state index contributed by atoms with van der Waals surface area (Å²) in [6, 6.07) is 7.48. The second-order valence-corrected chi connectivity index (χ2v) is 6.19. The van der Waals surface area contributed by atoms with Gasteiger partial charge in [-0.05, 0) is 39.8 Å². The quantitative estimate of drug-likeness (QED) is 0.853. The minimum Gasteiger partial charge on any atom is -0.497 e. The van der Waals surface area contributed by atoms with Crippen molar-refractivity contribution in [1.82, 2.24) is 14.9 Å². The fourth-order valence-electron chi connectivity index (χ4n) is 2.52. The van der Waals surface area contributed by atoms with Crippen LogP contribution in [0.1, 0.15) is 37.0 Å². The van der Waals surface area contributed by atoms with Gasteiger partial charge in [-0.25, -0.2) is 4.98 Å². The number of aromatic nitrogens is 2. The molecule has 2 aromatic rings. The van der Waals surface area contributed by atoms with Crippen LogP contribution in [-0.2, 0) is 0 Å². The van der Waals surface area contributed by atoms with Crippen LogP contribution in [0.3, 0.4) is 0 Å². The number of H-pyrrole nitrogens is 1. The van der Waals surface area contributed by atoms with Crippen molar-refractivity contribution < 1.29 is 14.6 Å². The van der Waals surface area contributed by atoms with Gasteiger partial charge in [-0.3, -0.25) is 4.79 Å². The molecule has 0 radical (unpaired) electrons. The van der Waals surface area contributed by atoms with Gasteiger partial charge in [0.2, 0.25) is 0 Å². The summed E-state index contributed by atoms with van der Waals surface area (Å²) in [5, 5.41) is 9.64. The van der Waals surface area contributed by atoms with Crippen molar-refractivity contribution >= 4 is 5.91 Å². The molecule has 1 aromatic heterocycles. The predicted molar refractivity (Wildman–Crippen MR) is 93.2 cm³/mol. The normalized spacial score (nSPS) is 12.3. The Balaban J connectivity index is 2.34. The molecule has 1 heterocycles. The Labute approximate surface area is 142 Å². The van der Waals surface area contributed by atoms with Crippen LogP contribution in [0.2, 0.25) is 0 Å². The Morgan fingerprint density at radius 3 is 2.67 bits per heavy atom. The van der Waals surface area contributed by atoms with Gasteiger partial charge < -0.3 is 19.7 Å². The average molecular weight is 331 g/mol. The Morgan fingerprint density at radius 1 is 1.38 bits per heavy atom. The van der Waals surface area contributed by atoms with Crippen LogP contribution in [0.5, 0.6) is 5.75 Å². The minimum absolute atomic E-state index is 0.0246. The molecule has 0 spiro atoms. The molecule has 1 unspecified atom stereocenters. The Kier molecular flexibility index (Phi) is 5.62. The lowest BCUT2D eigenvalue weighted by molar-refractivity contribution is 0.0573. The summed E-state index contributed by atoms with van der Waals surface area (Å²) in [6.45, 7) is 7.61. The fourth-order valence-corrected chi connectivity index (χ4v) is 2.52. The smallest absolute Gasteiger partial charge is 0.274 e. The number of methoxy groups -OCH3 is 1. The van der Waals surface area contributed by atoms with Crippen molar-refractivity contribution in [1.29, 1.82) is 0 Å². The molecule has 0 aliphatic rings. The van der Waals surface area contributed by atoms with Gasteiger partial charge in [0.1, 0.15) is 17.3 Å². The maximum Gasteiger partial charge on any atom is 0.274 e. The first kappa shape index (κ1) is 18.0. The summed E-state index contributed by atoms with van der Waals surface area (Å²) in [5.41, 5.74) is 1.93. The Morgan fingerprint density at radius 2 is 2.08 bits per heavy atom. The third-order valence-corrected chi connectivity index (χ3v) is 3.78. The van der Waals surface area contributed by atoms with E-state index in [-0.39, 0.29) is 18.5 Å². The fraction of sp³-hybridized carbons (Fsp3) is 0.444. The second kappa shape index (κ2) is 7.49. The maximum absolute atomic E-state index is 12.8. The molecule has 6 heteroatoms. The van der Waals surface area contributed by atoms with Gasteiger partial charge in [0.25, 0.3) is 5.91 Å². The summed E-state index contributed by atoms with van der Waals surface area (Å²) in [6.07, 6.45) is -0.589. The number of ether oxygens (including phenoxy) is 1. The van der Waals surface area contributed by atoms with Gasteiger partial charge in [0.15, 0.2) is 0 Å². The standard InChI is InChI=1S/C18H25N3O3/c1-11(2)21(10-12(3)22)18(23)16-13(4)19-17(20-16)14-7-6-8-15(9-14)24-5/h6-9,11-12,22H,10H2,1-5H3,(H,19,20). The number of carbonyl (C=O) groups excluding carboxylic acids is 1. The Hall–Kier alpha value is -2.34. The third-order valence-electron chi connectivity index (χ3n) is 3.78. The predicted octanol–water partition coefficient (Wildman–Crippen LogP) is 2.63. The SMILES string of the molecule is COc1cccc(-c2nc(C(=O)N(CC(C)O)C(C)C)c(C)[nH]2)c1. The number of amides is 1. The van der Waals surface area contributed by atoms with E-state index in [9.17, 15) is 9.90 Å². The molecule has 1 atom stereocenters. The first-order valence-corrected chi connectivity index (χ1v) is 8.03. The van der Waals surface area contributed by atoms with Crippen LogP contribution in [0.4, 0.5) is 0 Å². The maximum atomic E-state index is 12.8. The Bertz CT molecular complexity index is 707. The largest absolute Gasteiger partial charge is 0.497 e. The van der Waals surface area contributed by atoms with E-state index < -0.39 is 6.10 Å². The van der Waals surface area contributed by atoms with E-state index in [2.05, 4.69) is 9.97 Å². The number of aliphatic hydroxyl groups excluding tert-OH is 1. The first-order chi connectivity index (χ1) is 11.3. The molecular formula is C18H25N3O3. The number of rotatable bonds is 6. The van der Waals surface area contributed by atoms with Crippen LogP contribution >= 0.6 is 0 Å². The van der Waals surface area contributed by atoms with Crippen LogP contribution in [0, 0.1) is 6.92 Å². The number of nitrogens with zero attached hydrogens (tertiary/aromatic N) is 2. The van der Waals surface area contributed by atoms with Gasteiger partial charge in [-0.2, -0.15) is 0 Å². The van der Waals surface area contributed by atoms with Crippen molar-refractivity contribution in [2.75, 3.05) is 13.7 Å². The third kappa shape index (κ3) is 3.94. The van der Waals surface area contributed by atoms with Crippen molar-refractivity contribution in [3.63, 3.8) is 0 Å². The number of hydrogen-bond donors (Lipinski definition) is 2. The van der Waals surface area contributed by atoms with Crippen LogP contribution in [-0.4, -0.2) is 51.7 Å². The lowest BCUT2D eigenvalue weighted by Crippen LogP contribution is -2.41. The number of aliphatic hydroxyl groups is 1. The molecule has 0 aliphatic heterocycles. The summed E-state index contributed by atoms with van der Waals surface area (Å²) < 4.78 is 5.23. The first-order valence-electron chi connectivity index (χ1n) is 8.03. The summed E-state index contributed by atoms with van der Waals surface area (Å²) in [4.78, 5) is 22.1. The zero-order valence-electron chi connectivity index (χ0n) is 14.8. The molecule has 0 aliphatic carbocycles. The number of nitrogens with one attached hydrogen (secondary N) is 1. The van der Waals surface area contributed by atoms with E-state index in [1.54, 1.807) is 18.9 Å². The van der Waals surface area contributed by atoms with Gasteiger partial charge >= 0.3 is 0 Å². The molecular weight excluding hydrogens is 306 g/mol. The molecule has 6 nitrogen and oxygen atoms in total. The highest BCUT2D eigenvalue weighted by molar-refractivity contribution is 5.94. The zero-order chi connectivity index (χ0) is 17.9. The number of benzene rings is 1. The van der Waals surface area contributed by atoms with E-state index in [0.29, 0.717) is 17.2 Å². The molecule has 1 aromatic carbocycles. The van der Waals surface area contributed by atoms with Gasteiger partial charge in [0.05, 0.1) is 13.2 Å². The molecule has 24 heavy (non-hydrogen) atoms. The lowest BCUT2D eigenvalue weighted by atomic mass is 10.2. The molecule has 2 N–H and O–H groups in total. The van der Waals surface area contributed by atoms with Crippen molar-refractivity contribution in [2.24, 2.45) is 0 Å². The number of imidazole rings is 1. The number of hydrogen-bond acceptors (Lipinski definition) is 4. The molecule has 0 saturated heterocycles. The van der Waals surface area contributed by atoms with E-state index in [1.807, 2.05) is 45.0 Å². The topological polar surface area (TPSA) is 78.4 Å². The molecule has 130 valence electrons.